The van der Waals surface area contributed by atoms with E-state index in [1.54, 1.807) is 0 Å². The van der Waals surface area contributed by atoms with Gasteiger partial charge in [-0.3, -0.25) is 0 Å². The van der Waals surface area contributed by atoms with Gasteiger partial charge in [0.25, 0.3) is 0 Å². The third-order valence-corrected chi connectivity index (χ3v) is 3.23. The summed E-state index contributed by atoms with van der Waals surface area (Å²) >= 11 is 0. The number of halogens is 1. The van der Waals surface area contributed by atoms with Crippen LogP contribution in [0.1, 0.15) is 44.6 Å². The highest BCUT2D eigenvalue weighted by molar-refractivity contribution is 14.0. The number of hydrogen-bond donors (Lipinski definition) is 2. The van der Waals surface area contributed by atoms with Gasteiger partial charge in [0.2, 0.25) is 0 Å². The number of rotatable bonds is 4. The fourth-order valence-corrected chi connectivity index (χ4v) is 1.71. The van der Waals surface area contributed by atoms with E-state index >= 15 is 0 Å². The standard InChI is InChI=1S/C14H21N3.HI/c1-3-10(2)11-4-6-12(7-5-11)16-14(15)17-13-8-9-13;/h4-7,10,13H,3,8-9H2,1-2H3,(H3,15,16,17);1H. The molecule has 1 fully saturated rings. The topological polar surface area (TPSA) is 50.4 Å². The van der Waals surface area contributed by atoms with Crippen molar-refractivity contribution >= 4 is 35.6 Å². The molecule has 1 unspecified atom stereocenters. The van der Waals surface area contributed by atoms with Gasteiger partial charge in [0, 0.05) is 5.69 Å². The summed E-state index contributed by atoms with van der Waals surface area (Å²) in [5.41, 5.74) is 8.19. The average Bonchev–Trinajstić information content (AvgIpc) is 3.12. The molecule has 3 N–H and O–H groups in total. The Morgan fingerprint density at radius 2 is 2.00 bits per heavy atom. The molecule has 3 nitrogen and oxygen atoms in total. The zero-order valence-electron chi connectivity index (χ0n) is 11.0. The lowest BCUT2D eigenvalue weighted by Crippen LogP contribution is -2.22. The van der Waals surface area contributed by atoms with Crippen molar-refractivity contribution in [2.45, 2.75) is 45.1 Å². The normalized spacial score (nSPS) is 16.9. The number of nitrogens with zero attached hydrogens (tertiary/aromatic N) is 1. The summed E-state index contributed by atoms with van der Waals surface area (Å²) < 4.78 is 0. The largest absolute Gasteiger partial charge is 0.370 e. The molecule has 0 saturated heterocycles. The molecule has 0 aliphatic heterocycles. The SMILES string of the molecule is CCC(C)c1ccc(NC(N)=NC2CC2)cc1.I. The summed E-state index contributed by atoms with van der Waals surface area (Å²) in [6.45, 7) is 4.45. The van der Waals surface area contributed by atoms with Crippen LogP contribution in [0, 0.1) is 0 Å². The summed E-state index contributed by atoms with van der Waals surface area (Å²) in [4.78, 5) is 4.34. The molecule has 1 aromatic carbocycles. The summed E-state index contributed by atoms with van der Waals surface area (Å²) in [7, 11) is 0. The Labute approximate surface area is 126 Å². The number of hydrogen-bond acceptors (Lipinski definition) is 1. The van der Waals surface area contributed by atoms with Crippen LogP contribution in [0.5, 0.6) is 0 Å². The molecule has 100 valence electrons. The number of benzene rings is 1. The van der Waals surface area contributed by atoms with Crippen molar-refractivity contribution in [3.8, 4) is 0 Å². The Balaban J connectivity index is 0.00000162. The van der Waals surface area contributed by atoms with Gasteiger partial charge in [-0.15, -0.1) is 24.0 Å². The smallest absolute Gasteiger partial charge is 0.193 e. The van der Waals surface area contributed by atoms with E-state index in [-0.39, 0.29) is 24.0 Å². The van der Waals surface area contributed by atoms with Crippen molar-refractivity contribution in [3.05, 3.63) is 29.8 Å². The Hall–Kier alpha value is -0.780. The Kier molecular flexibility index (Phi) is 5.91. The maximum absolute atomic E-state index is 5.81. The zero-order valence-corrected chi connectivity index (χ0v) is 13.3. The van der Waals surface area contributed by atoms with E-state index in [2.05, 4.69) is 48.4 Å². The highest BCUT2D eigenvalue weighted by atomic mass is 127. The van der Waals surface area contributed by atoms with Crippen LogP contribution >= 0.6 is 24.0 Å². The molecule has 0 bridgehead atoms. The van der Waals surface area contributed by atoms with Gasteiger partial charge >= 0.3 is 0 Å². The van der Waals surface area contributed by atoms with Crippen LogP contribution in [0.4, 0.5) is 5.69 Å². The van der Waals surface area contributed by atoms with Gasteiger partial charge in [0.15, 0.2) is 5.96 Å². The van der Waals surface area contributed by atoms with Gasteiger partial charge in [-0.2, -0.15) is 0 Å². The molecule has 0 radical (unpaired) electrons. The van der Waals surface area contributed by atoms with E-state index in [1.165, 1.54) is 18.4 Å². The van der Waals surface area contributed by atoms with Crippen molar-refractivity contribution in [1.82, 2.24) is 0 Å². The van der Waals surface area contributed by atoms with Gasteiger partial charge in [0.05, 0.1) is 6.04 Å². The van der Waals surface area contributed by atoms with Crippen LogP contribution in [0.25, 0.3) is 0 Å². The quantitative estimate of drug-likeness (QED) is 0.489. The molecule has 0 heterocycles. The maximum Gasteiger partial charge on any atom is 0.193 e. The lowest BCUT2D eigenvalue weighted by atomic mass is 9.99. The fraction of sp³-hybridized carbons (Fsp3) is 0.500. The fourth-order valence-electron chi connectivity index (χ4n) is 1.71. The van der Waals surface area contributed by atoms with Crippen LogP contribution < -0.4 is 11.1 Å². The highest BCUT2D eigenvalue weighted by Crippen LogP contribution is 2.23. The summed E-state index contributed by atoms with van der Waals surface area (Å²) in [6.07, 6.45) is 3.52. The van der Waals surface area contributed by atoms with E-state index in [0.717, 1.165) is 12.1 Å². The molecule has 0 amide bonds. The molecule has 1 aliphatic carbocycles. The second-order valence-corrected chi connectivity index (χ2v) is 4.80. The molecule has 0 spiro atoms. The molecule has 4 heteroatoms. The second kappa shape index (κ2) is 6.97. The zero-order chi connectivity index (χ0) is 12.3. The van der Waals surface area contributed by atoms with Gasteiger partial charge in [0.1, 0.15) is 0 Å². The van der Waals surface area contributed by atoms with Crippen molar-refractivity contribution in [2.24, 2.45) is 10.7 Å². The first kappa shape index (κ1) is 15.3. The molecule has 18 heavy (non-hydrogen) atoms. The monoisotopic (exact) mass is 359 g/mol. The Morgan fingerprint density at radius 3 is 2.50 bits per heavy atom. The Bertz CT molecular complexity index is 396. The second-order valence-electron chi connectivity index (χ2n) is 4.80. The third-order valence-electron chi connectivity index (χ3n) is 3.23. The maximum atomic E-state index is 5.81. The number of guanidine groups is 1. The summed E-state index contributed by atoms with van der Waals surface area (Å²) in [5, 5.41) is 3.13. The number of nitrogens with two attached hydrogens (primary N) is 1. The van der Waals surface area contributed by atoms with E-state index < -0.39 is 0 Å². The van der Waals surface area contributed by atoms with Crippen molar-refractivity contribution in [1.29, 1.82) is 0 Å². The Morgan fingerprint density at radius 1 is 1.39 bits per heavy atom. The number of aliphatic imine (C=N–C) groups is 1. The van der Waals surface area contributed by atoms with Gasteiger partial charge < -0.3 is 11.1 Å². The van der Waals surface area contributed by atoms with Crippen LogP contribution in [0.3, 0.4) is 0 Å². The molecular formula is C14H22IN3. The molecule has 2 rings (SSSR count). The minimum Gasteiger partial charge on any atom is -0.370 e. The first-order chi connectivity index (χ1) is 8.19. The van der Waals surface area contributed by atoms with E-state index in [9.17, 15) is 0 Å². The van der Waals surface area contributed by atoms with Gasteiger partial charge in [-0.05, 0) is 42.9 Å². The molecule has 1 aromatic rings. The van der Waals surface area contributed by atoms with E-state index in [1.807, 2.05) is 0 Å². The predicted molar refractivity (Wildman–Crippen MR) is 88.8 cm³/mol. The average molecular weight is 359 g/mol. The first-order valence-corrected chi connectivity index (χ1v) is 6.39. The minimum atomic E-state index is 0. The molecule has 1 saturated carbocycles. The van der Waals surface area contributed by atoms with Gasteiger partial charge in [-0.25, -0.2) is 4.99 Å². The molecule has 1 atom stereocenters. The van der Waals surface area contributed by atoms with E-state index in [4.69, 9.17) is 5.73 Å². The lowest BCUT2D eigenvalue weighted by molar-refractivity contribution is 0.734. The first-order valence-electron chi connectivity index (χ1n) is 6.39. The minimum absolute atomic E-state index is 0. The van der Waals surface area contributed by atoms with Gasteiger partial charge in [-0.1, -0.05) is 26.0 Å². The van der Waals surface area contributed by atoms with Crippen LogP contribution in [0.2, 0.25) is 0 Å². The number of nitrogens with one attached hydrogen (secondary N) is 1. The van der Waals surface area contributed by atoms with Crippen LogP contribution in [0.15, 0.2) is 29.3 Å². The third kappa shape index (κ3) is 4.48. The van der Waals surface area contributed by atoms with Crippen molar-refractivity contribution in [3.63, 3.8) is 0 Å². The lowest BCUT2D eigenvalue weighted by Gasteiger charge is -2.10. The molecule has 0 aromatic heterocycles. The molecular weight excluding hydrogens is 337 g/mol. The number of anilines is 1. The van der Waals surface area contributed by atoms with Crippen molar-refractivity contribution in [2.75, 3.05) is 5.32 Å². The summed E-state index contributed by atoms with van der Waals surface area (Å²) in [6, 6.07) is 8.90. The van der Waals surface area contributed by atoms with Crippen LogP contribution in [-0.2, 0) is 0 Å². The summed E-state index contributed by atoms with van der Waals surface area (Å²) in [5.74, 6) is 1.14. The predicted octanol–water partition coefficient (Wildman–Crippen LogP) is 3.71. The van der Waals surface area contributed by atoms with Crippen LogP contribution in [-0.4, -0.2) is 12.0 Å². The highest BCUT2D eigenvalue weighted by Gasteiger charge is 2.20. The van der Waals surface area contributed by atoms with Crippen molar-refractivity contribution < 1.29 is 0 Å². The van der Waals surface area contributed by atoms with E-state index in [0.29, 0.717) is 17.9 Å². The molecule has 1 aliphatic rings.